The summed E-state index contributed by atoms with van der Waals surface area (Å²) in [7, 11) is 0. The lowest BCUT2D eigenvalue weighted by Crippen LogP contribution is -2.05. The van der Waals surface area contributed by atoms with Crippen molar-refractivity contribution < 1.29 is 9.90 Å². The van der Waals surface area contributed by atoms with Crippen molar-refractivity contribution in [2.75, 3.05) is 0 Å². The average Bonchev–Trinajstić information content (AvgIpc) is 2.50. The summed E-state index contributed by atoms with van der Waals surface area (Å²) in [6.07, 6.45) is 3.09. The van der Waals surface area contributed by atoms with Gasteiger partial charge in [0.1, 0.15) is 5.65 Å². The molecule has 0 fully saturated rings. The highest BCUT2D eigenvalue weighted by molar-refractivity contribution is 6.33. The Hall–Kier alpha value is -1.55. The number of carboxylic acid groups (broad SMARTS) is 1. The molecule has 5 heteroatoms. The summed E-state index contributed by atoms with van der Waals surface area (Å²) < 4.78 is 1.44. The standard InChI is InChI=1S/C8H5ClN2O2/c9-5-1-2-6-10-3-4-11(6)7(5)8(12)13/h1-4H,(H,12,13). The maximum absolute atomic E-state index is 10.8. The fourth-order valence-corrected chi connectivity index (χ4v) is 1.41. The molecule has 1 N–H and O–H groups in total. The molecule has 0 unspecified atom stereocenters. The number of hydrogen-bond acceptors (Lipinski definition) is 2. The van der Waals surface area contributed by atoms with Crippen LogP contribution in [0.5, 0.6) is 0 Å². The number of carbonyl (C=O) groups is 1. The first-order chi connectivity index (χ1) is 6.20. The second-order valence-corrected chi connectivity index (χ2v) is 2.90. The number of hydrogen-bond donors (Lipinski definition) is 1. The highest BCUT2D eigenvalue weighted by atomic mass is 35.5. The lowest BCUT2D eigenvalue weighted by molar-refractivity contribution is 0.0689. The zero-order chi connectivity index (χ0) is 9.42. The molecule has 0 aliphatic rings. The minimum atomic E-state index is -1.06. The first-order valence-electron chi connectivity index (χ1n) is 3.55. The summed E-state index contributed by atoms with van der Waals surface area (Å²) in [5.74, 6) is -1.06. The van der Waals surface area contributed by atoms with Crippen molar-refractivity contribution in [1.82, 2.24) is 9.38 Å². The minimum Gasteiger partial charge on any atom is -0.477 e. The Morgan fingerprint density at radius 3 is 3.00 bits per heavy atom. The van der Waals surface area contributed by atoms with Gasteiger partial charge in [0.25, 0.3) is 0 Å². The van der Waals surface area contributed by atoms with Gasteiger partial charge in [-0.3, -0.25) is 4.40 Å². The monoisotopic (exact) mass is 196 g/mol. The van der Waals surface area contributed by atoms with E-state index >= 15 is 0 Å². The molecule has 0 saturated heterocycles. The number of aromatic carboxylic acids is 1. The van der Waals surface area contributed by atoms with Gasteiger partial charge in [0.15, 0.2) is 5.69 Å². The number of imidazole rings is 1. The number of pyridine rings is 1. The van der Waals surface area contributed by atoms with Gasteiger partial charge in [-0.25, -0.2) is 9.78 Å². The Kier molecular flexibility index (Phi) is 1.70. The number of aromatic nitrogens is 2. The van der Waals surface area contributed by atoms with Crippen molar-refractivity contribution in [3.8, 4) is 0 Å². The highest BCUT2D eigenvalue weighted by Gasteiger charge is 2.12. The van der Waals surface area contributed by atoms with E-state index in [1.165, 1.54) is 16.7 Å². The van der Waals surface area contributed by atoms with Gasteiger partial charge in [-0.15, -0.1) is 0 Å². The first kappa shape index (κ1) is 8.07. The van der Waals surface area contributed by atoms with E-state index in [-0.39, 0.29) is 10.7 Å². The van der Waals surface area contributed by atoms with Crippen LogP contribution in [0.3, 0.4) is 0 Å². The highest BCUT2D eigenvalue weighted by Crippen LogP contribution is 2.17. The van der Waals surface area contributed by atoms with Crippen molar-refractivity contribution in [2.45, 2.75) is 0 Å². The molecule has 2 heterocycles. The predicted molar refractivity (Wildman–Crippen MR) is 47.2 cm³/mol. The molecule has 0 spiro atoms. The third kappa shape index (κ3) is 1.15. The van der Waals surface area contributed by atoms with Crippen LogP contribution in [0.2, 0.25) is 5.02 Å². The maximum atomic E-state index is 10.8. The summed E-state index contributed by atoms with van der Waals surface area (Å²) in [5.41, 5.74) is 0.610. The van der Waals surface area contributed by atoms with Crippen LogP contribution in [0.1, 0.15) is 10.5 Å². The van der Waals surface area contributed by atoms with Gasteiger partial charge in [0.05, 0.1) is 5.02 Å². The second-order valence-electron chi connectivity index (χ2n) is 2.49. The predicted octanol–water partition coefficient (Wildman–Crippen LogP) is 1.69. The van der Waals surface area contributed by atoms with Crippen LogP contribution in [0.25, 0.3) is 5.65 Å². The molecule has 0 aliphatic carbocycles. The molecule has 0 saturated carbocycles. The molecule has 0 amide bonds. The van der Waals surface area contributed by atoms with Crippen LogP contribution in [0.4, 0.5) is 0 Å². The molecule has 4 nitrogen and oxygen atoms in total. The van der Waals surface area contributed by atoms with E-state index in [1.807, 2.05) is 0 Å². The van der Waals surface area contributed by atoms with Crippen LogP contribution in [-0.2, 0) is 0 Å². The molecule has 2 aromatic heterocycles. The van der Waals surface area contributed by atoms with Crippen LogP contribution in [0, 0.1) is 0 Å². The Bertz CT molecular complexity index is 478. The van der Waals surface area contributed by atoms with E-state index in [2.05, 4.69) is 4.98 Å². The van der Waals surface area contributed by atoms with Crippen LogP contribution < -0.4 is 0 Å². The first-order valence-corrected chi connectivity index (χ1v) is 3.93. The normalized spacial score (nSPS) is 10.5. The fraction of sp³-hybridized carbons (Fsp3) is 0. The topological polar surface area (TPSA) is 54.6 Å². The quantitative estimate of drug-likeness (QED) is 0.755. The summed E-state index contributed by atoms with van der Waals surface area (Å²) in [6.45, 7) is 0. The Labute approximate surface area is 78.4 Å². The number of nitrogens with zero attached hydrogens (tertiary/aromatic N) is 2. The largest absolute Gasteiger partial charge is 0.477 e. The van der Waals surface area contributed by atoms with Crippen molar-refractivity contribution in [3.05, 3.63) is 35.2 Å². The molecule has 0 atom stereocenters. The van der Waals surface area contributed by atoms with Crippen molar-refractivity contribution in [2.24, 2.45) is 0 Å². The van der Waals surface area contributed by atoms with Crippen LogP contribution in [0.15, 0.2) is 24.5 Å². The summed E-state index contributed by atoms with van der Waals surface area (Å²) in [6, 6.07) is 3.18. The van der Waals surface area contributed by atoms with Gasteiger partial charge in [0.2, 0.25) is 0 Å². The minimum absolute atomic E-state index is 0.0386. The molecule has 0 aliphatic heterocycles. The van der Waals surface area contributed by atoms with Gasteiger partial charge in [-0.1, -0.05) is 11.6 Å². The smallest absolute Gasteiger partial charge is 0.354 e. The third-order valence-electron chi connectivity index (χ3n) is 1.72. The molecule has 2 aromatic rings. The molecule has 13 heavy (non-hydrogen) atoms. The lowest BCUT2D eigenvalue weighted by Gasteiger charge is -2.01. The molecule has 0 bridgehead atoms. The van der Waals surface area contributed by atoms with E-state index < -0.39 is 5.97 Å². The lowest BCUT2D eigenvalue weighted by atomic mass is 10.3. The zero-order valence-corrected chi connectivity index (χ0v) is 7.19. The number of carboxylic acids is 1. The molecular formula is C8H5ClN2O2. The molecule has 0 aromatic carbocycles. The molecule has 2 rings (SSSR count). The number of fused-ring (bicyclic) bond motifs is 1. The SMILES string of the molecule is O=C(O)c1c(Cl)ccc2nccn12. The van der Waals surface area contributed by atoms with Gasteiger partial charge >= 0.3 is 5.97 Å². The van der Waals surface area contributed by atoms with Gasteiger partial charge in [0, 0.05) is 12.4 Å². The second kappa shape index (κ2) is 2.74. The van der Waals surface area contributed by atoms with E-state index in [1.54, 1.807) is 12.3 Å². The Balaban J connectivity index is 2.88. The maximum Gasteiger partial charge on any atom is 0.354 e. The zero-order valence-electron chi connectivity index (χ0n) is 6.44. The average molecular weight is 197 g/mol. The van der Waals surface area contributed by atoms with E-state index in [4.69, 9.17) is 16.7 Å². The van der Waals surface area contributed by atoms with Crippen molar-refractivity contribution >= 4 is 23.2 Å². The molecular weight excluding hydrogens is 192 g/mol. The van der Waals surface area contributed by atoms with Crippen molar-refractivity contribution in [3.63, 3.8) is 0 Å². The van der Waals surface area contributed by atoms with Crippen molar-refractivity contribution in [1.29, 1.82) is 0 Å². The van der Waals surface area contributed by atoms with Gasteiger partial charge in [-0.05, 0) is 12.1 Å². The third-order valence-corrected chi connectivity index (χ3v) is 2.02. The van der Waals surface area contributed by atoms with E-state index in [0.717, 1.165) is 0 Å². The fourth-order valence-electron chi connectivity index (χ4n) is 1.17. The Morgan fingerprint density at radius 2 is 2.31 bits per heavy atom. The van der Waals surface area contributed by atoms with Crippen LogP contribution in [-0.4, -0.2) is 20.5 Å². The Morgan fingerprint density at radius 1 is 1.54 bits per heavy atom. The van der Waals surface area contributed by atoms with E-state index in [9.17, 15) is 4.79 Å². The molecule has 66 valence electrons. The van der Waals surface area contributed by atoms with Crippen LogP contribution >= 0.6 is 11.6 Å². The number of rotatable bonds is 1. The molecule has 0 radical (unpaired) electrons. The van der Waals surface area contributed by atoms with E-state index in [0.29, 0.717) is 5.65 Å². The summed E-state index contributed by atoms with van der Waals surface area (Å²) >= 11 is 5.73. The number of halogens is 1. The summed E-state index contributed by atoms with van der Waals surface area (Å²) in [4.78, 5) is 14.7. The van der Waals surface area contributed by atoms with Gasteiger partial charge < -0.3 is 5.11 Å². The summed E-state index contributed by atoms with van der Waals surface area (Å²) in [5, 5.41) is 9.06. The van der Waals surface area contributed by atoms with Gasteiger partial charge in [-0.2, -0.15) is 0 Å².